The van der Waals surface area contributed by atoms with Gasteiger partial charge in [-0.25, -0.2) is 4.98 Å². The molecule has 152 valence electrons. The molecule has 5 rings (SSSR count). The van der Waals surface area contributed by atoms with Gasteiger partial charge >= 0.3 is 0 Å². The first-order valence-electron chi connectivity index (χ1n) is 10.3. The molecule has 1 aliphatic rings. The average molecular weight is 419 g/mol. The molecular formula is C24H23ClN4O. The van der Waals surface area contributed by atoms with Gasteiger partial charge in [0.2, 0.25) is 0 Å². The predicted molar refractivity (Wildman–Crippen MR) is 122 cm³/mol. The molecule has 0 saturated carbocycles. The Morgan fingerprint density at radius 1 is 1.23 bits per heavy atom. The zero-order valence-corrected chi connectivity index (χ0v) is 17.6. The van der Waals surface area contributed by atoms with E-state index in [9.17, 15) is 4.79 Å². The summed E-state index contributed by atoms with van der Waals surface area (Å²) in [6.45, 7) is 4.63. The molecule has 4 aromatic rings. The third-order valence-electron chi connectivity index (χ3n) is 6.00. The number of fused-ring (bicyclic) bond motifs is 2. The first-order chi connectivity index (χ1) is 14.6. The van der Waals surface area contributed by atoms with Gasteiger partial charge in [0.25, 0.3) is 5.56 Å². The van der Waals surface area contributed by atoms with Crippen molar-refractivity contribution in [2.75, 3.05) is 19.6 Å². The number of aromatic nitrogens is 3. The van der Waals surface area contributed by atoms with E-state index in [1.807, 2.05) is 43.3 Å². The summed E-state index contributed by atoms with van der Waals surface area (Å²) in [6, 6.07) is 11.6. The molecule has 0 spiro atoms. The van der Waals surface area contributed by atoms with Gasteiger partial charge in [-0.2, -0.15) is 0 Å². The van der Waals surface area contributed by atoms with Crippen molar-refractivity contribution in [1.29, 1.82) is 0 Å². The number of aromatic amines is 1. The SMILES string of the molecule is Cc1nc2ccccn2c(=O)c1CCN1CC=C(c2c[nH]c3ccc(Cl)cc23)CC1. The van der Waals surface area contributed by atoms with Crippen molar-refractivity contribution in [3.63, 3.8) is 0 Å². The number of nitrogens with one attached hydrogen (secondary N) is 1. The van der Waals surface area contributed by atoms with Crippen LogP contribution >= 0.6 is 11.6 Å². The van der Waals surface area contributed by atoms with Gasteiger partial charge in [0.15, 0.2) is 0 Å². The normalized spacial score (nSPS) is 15.1. The Labute approximate surface area is 179 Å². The highest BCUT2D eigenvalue weighted by Gasteiger charge is 2.17. The van der Waals surface area contributed by atoms with Gasteiger partial charge in [0.05, 0.1) is 0 Å². The second kappa shape index (κ2) is 7.74. The van der Waals surface area contributed by atoms with E-state index < -0.39 is 0 Å². The van der Waals surface area contributed by atoms with Crippen LogP contribution in [0.25, 0.3) is 22.1 Å². The molecule has 0 radical (unpaired) electrons. The Kier molecular flexibility index (Phi) is 4.93. The number of benzene rings is 1. The number of halogens is 1. The lowest BCUT2D eigenvalue weighted by atomic mass is 9.98. The second-order valence-corrected chi connectivity index (χ2v) is 8.27. The van der Waals surface area contributed by atoms with Crippen molar-refractivity contribution in [2.24, 2.45) is 0 Å². The zero-order chi connectivity index (χ0) is 20.7. The maximum absolute atomic E-state index is 12.9. The van der Waals surface area contributed by atoms with Gasteiger partial charge in [-0.15, -0.1) is 0 Å². The van der Waals surface area contributed by atoms with Crippen molar-refractivity contribution in [3.8, 4) is 0 Å². The van der Waals surface area contributed by atoms with Crippen LogP contribution in [-0.4, -0.2) is 38.9 Å². The molecule has 0 unspecified atom stereocenters. The number of H-pyrrole nitrogens is 1. The number of pyridine rings is 1. The van der Waals surface area contributed by atoms with Crippen LogP contribution in [-0.2, 0) is 6.42 Å². The molecule has 0 fully saturated rings. The van der Waals surface area contributed by atoms with Gasteiger partial charge in [-0.1, -0.05) is 23.7 Å². The minimum atomic E-state index is 0.0435. The number of hydrogen-bond acceptors (Lipinski definition) is 3. The Morgan fingerprint density at radius 3 is 2.97 bits per heavy atom. The highest BCUT2D eigenvalue weighted by molar-refractivity contribution is 6.31. The molecule has 6 heteroatoms. The van der Waals surface area contributed by atoms with Gasteiger partial charge in [-0.3, -0.25) is 14.1 Å². The lowest BCUT2D eigenvalue weighted by Crippen LogP contribution is -2.32. The van der Waals surface area contributed by atoms with E-state index >= 15 is 0 Å². The maximum Gasteiger partial charge on any atom is 0.261 e. The summed E-state index contributed by atoms with van der Waals surface area (Å²) in [6.07, 6.45) is 7.85. The van der Waals surface area contributed by atoms with Crippen LogP contribution < -0.4 is 5.56 Å². The van der Waals surface area contributed by atoms with Gasteiger partial charge in [-0.05, 0) is 55.7 Å². The number of rotatable bonds is 4. The molecule has 5 nitrogen and oxygen atoms in total. The molecular weight excluding hydrogens is 396 g/mol. The van der Waals surface area contributed by atoms with Crippen molar-refractivity contribution in [1.82, 2.24) is 19.3 Å². The Bertz CT molecular complexity index is 1330. The standard InChI is InChI=1S/C24H23ClN4O/c1-16-19(24(30)29-10-3-2-4-23(29)27-16)9-13-28-11-7-17(8-12-28)21-15-26-22-6-5-18(25)14-20(21)22/h2-7,10,14-15,26H,8-9,11-13H2,1H3. The number of aryl methyl sites for hydroxylation is 1. The van der Waals surface area contributed by atoms with Crippen LogP contribution in [0.5, 0.6) is 0 Å². The van der Waals surface area contributed by atoms with Gasteiger partial charge in [0.1, 0.15) is 5.65 Å². The molecule has 1 aliphatic heterocycles. The Morgan fingerprint density at radius 2 is 2.13 bits per heavy atom. The highest BCUT2D eigenvalue weighted by Crippen LogP contribution is 2.30. The highest BCUT2D eigenvalue weighted by atomic mass is 35.5. The zero-order valence-electron chi connectivity index (χ0n) is 16.9. The lowest BCUT2D eigenvalue weighted by molar-refractivity contribution is 0.305. The molecule has 30 heavy (non-hydrogen) atoms. The van der Waals surface area contributed by atoms with Crippen molar-refractivity contribution < 1.29 is 0 Å². The second-order valence-electron chi connectivity index (χ2n) is 7.83. The summed E-state index contributed by atoms with van der Waals surface area (Å²) in [7, 11) is 0. The predicted octanol–water partition coefficient (Wildman–Crippen LogP) is 4.47. The lowest BCUT2D eigenvalue weighted by Gasteiger charge is -2.26. The monoisotopic (exact) mass is 418 g/mol. The fourth-order valence-electron chi connectivity index (χ4n) is 4.31. The van der Waals surface area contributed by atoms with Crippen LogP contribution in [0.2, 0.25) is 5.02 Å². The van der Waals surface area contributed by atoms with E-state index in [0.717, 1.165) is 47.9 Å². The molecule has 4 heterocycles. The Balaban J connectivity index is 1.32. The molecule has 0 aliphatic carbocycles. The van der Waals surface area contributed by atoms with E-state index in [0.29, 0.717) is 12.1 Å². The van der Waals surface area contributed by atoms with Crippen LogP contribution in [0.15, 0.2) is 59.7 Å². The van der Waals surface area contributed by atoms with Crippen molar-refractivity contribution in [3.05, 3.63) is 87.1 Å². The van der Waals surface area contributed by atoms with Gasteiger partial charge in [0, 0.05) is 64.8 Å². The van der Waals surface area contributed by atoms with E-state index in [4.69, 9.17) is 11.6 Å². The summed E-state index contributed by atoms with van der Waals surface area (Å²) in [4.78, 5) is 23.2. The summed E-state index contributed by atoms with van der Waals surface area (Å²) >= 11 is 6.20. The van der Waals surface area contributed by atoms with Gasteiger partial charge < -0.3 is 4.98 Å². The quantitative estimate of drug-likeness (QED) is 0.532. The minimum absolute atomic E-state index is 0.0435. The number of hydrogen-bond donors (Lipinski definition) is 1. The van der Waals surface area contributed by atoms with E-state index in [-0.39, 0.29) is 5.56 Å². The summed E-state index contributed by atoms with van der Waals surface area (Å²) < 4.78 is 1.64. The largest absolute Gasteiger partial charge is 0.361 e. The summed E-state index contributed by atoms with van der Waals surface area (Å²) in [5.74, 6) is 0. The maximum atomic E-state index is 12.9. The Hall–Kier alpha value is -2.89. The molecule has 1 N–H and O–H groups in total. The molecule has 3 aromatic heterocycles. The van der Waals surface area contributed by atoms with Crippen LogP contribution in [0.3, 0.4) is 0 Å². The summed E-state index contributed by atoms with van der Waals surface area (Å²) in [5.41, 5.74) is 6.07. The first-order valence-corrected chi connectivity index (χ1v) is 10.6. The topological polar surface area (TPSA) is 53.4 Å². The van der Waals surface area contributed by atoms with Crippen LogP contribution in [0.4, 0.5) is 0 Å². The van der Waals surface area contributed by atoms with Crippen LogP contribution in [0, 0.1) is 6.92 Å². The first kappa shape index (κ1) is 19.1. The molecule has 1 aromatic carbocycles. The summed E-state index contributed by atoms with van der Waals surface area (Å²) in [5, 5.41) is 1.93. The number of nitrogens with zero attached hydrogens (tertiary/aromatic N) is 3. The average Bonchev–Trinajstić information content (AvgIpc) is 3.17. The minimum Gasteiger partial charge on any atom is -0.361 e. The molecule has 0 amide bonds. The van der Waals surface area contributed by atoms with Crippen molar-refractivity contribution in [2.45, 2.75) is 19.8 Å². The smallest absolute Gasteiger partial charge is 0.261 e. The van der Waals surface area contributed by atoms with E-state index in [1.54, 1.807) is 10.6 Å². The van der Waals surface area contributed by atoms with E-state index in [2.05, 4.69) is 27.1 Å². The third-order valence-corrected chi connectivity index (χ3v) is 6.23. The molecule has 0 bridgehead atoms. The molecule has 0 atom stereocenters. The fraction of sp³-hybridized carbons (Fsp3) is 0.250. The molecule has 0 saturated heterocycles. The van der Waals surface area contributed by atoms with Crippen molar-refractivity contribution >= 4 is 33.7 Å². The van der Waals surface area contributed by atoms with E-state index in [1.165, 1.54) is 16.5 Å². The third kappa shape index (κ3) is 3.44. The fourth-order valence-corrected chi connectivity index (χ4v) is 4.48. The van der Waals surface area contributed by atoms with Crippen LogP contribution in [0.1, 0.15) is 23.2 Å².